The van der Waals surface area contributed by atoms with Gasteiger partial charge in [0.1, 0.15) is 6.54 Å². The van der Waals surface area contributed by atoms with Gasteiger partial charge in [0.2, 0.25) is 0 Å². The SMILES string of the molecule is CN1C(=O)c2ccc(C(=O)OCC(=O)N(CC#N)c3ccccc3)cc2C1=O. The van der Waals surface area contributed by atoms with Crippen molar-refractivity contribution in [1.29, 1.82) is 5.26 Å². The van der Waals surface area contributed by atoms with Gasteiger partial charge in [0.05, 0.1) is 22.8 Å². The van der Waals surface area contributed by atoms with Gasteiger partial charge in [-0.2, -0.15) is 5.26 Å². The highest BCUT2D eigenvalue weighted by atomic mass is 16.5. The second-order valence-electron chi connectivity index (χ2n) is 5.98. The Balaban J connectivity index is 1.70. The van der Waals surface area contributed by atoms with Crippen LogP contribution in [0.15, 0.2) is 48.5 Å². The highest BCUT2D eigenvalue weighted by Crippen LogP contribution is 2.23. The van der Waals surface area contributed by atoms with Crippen LogP contribution in [0.2, 0.25) is 0 Å². The van der Waals surface area contributed by atoms with Gasteiger partial charge in [-0.15, -0.1) is 0 Å². The second-order valence-corrected chi connectivity index (χ2v) is 5.98. The zero-order valence-corrected chi connectivity index (χ0v) is 14.9. The summed E-state index contributed by atoms with van der Waals surface area (Å²) >= 11 is 0. The van der Waals surface area contributed by atoms with E-state index >= 15 is 0 Å². The predicted molar refractivity (Wildman–Crippen MR) is 97.6 cm³/mol. The Labute approximate surface area is 160 Å². The Morgan fingerprint density at radius 3 is 2.43 bits per heavy atom. The minimum Gasteiger partial charge on any atom is -0.452 e. The quantitative estimate of drug-likeness (QED) is 0.445. The number of anilines is 1. The Kier molecular flexibility index (Phi) is 5.18. The van der Waals surface area contributed by atoms with Crippen molar-refractivity contribution in [3.05, 3.63) is 65.2 Å². The predicted octanol–water partition coefficient (Wildman–Crippen LogP) is 1.63. The van der Waals surface area contributed by atoms with E-state index in [2.05, 4.69) is 0 Å². The van der Waals surface area contributed by atoms with Crippen LogP contribution in [0.5, 0.6) is 0 Å². The molecule has 8 nitrogen and oxygen atoms in total. The molecule has 0 fully saturated rings. The third-order valence-corrected chi connectivity index (χ3v) is 4.25. The number of imide groups is 1. The summed E-state index contributed by atoms with van der Waals surface area (Å²) in [6, 6.07) is 14.5. The molecule has 0 bridgehead atoms. The maximum absolute atomic E-state index is 12.4. The minimum atomic E-state index is -0.809. The van der Waals surface area contributed by atoms with Crippen molar-refractivity contribution in [2.24, 2.45) is 0 Å². The third-order valence-electron chi connectivity index (χ3n) is 4.25. The summed E-state index contributed by atoms with van der Waals surface area (Å²) < 4.78 is 5.04. The fourth-order valence-corrected chi connectivity index (χ4v) is 2.78. The summed E-state index contributed by atoms with van der Waals surface area (Å²) in [7, 11) is 1.36. The molecule has 0 atom stereocenters. The van der Waals surface area contributed by atoms with Gasteiger partial charge in [0.25, 0.3) is 17.7 Å². The maximum Gasteiger partial charge on any atom is 0.338 e. The number of nitrogens with zero attached hydrogens (tertiary/aromatic N) is 3. The summed E-state index contributed by atoms with van der Waals surface area (Å²) in [5, 5.41) is 8.94. The van der Waals surface area contributed by atoms with E-state index in [-0.39, 0.29) is 23.2 Å². The molecule has 0 radical (unpaired) electrons. The molecule has 28 heavy (non-hydrogen) atoms. The maximum atomic E-state index is 12.4. The van der Waals surface area contributed by atoms with Crippen LogP contribution in [-0.2, 0) is 9.53 Å². The number of nitriles is 1. The molecule has 0 aromatic heterocycles. The van der Waals surface area contributed by atoms with Gasteiger partial charge in [-0.05, 0) is 30.3 Å². The first-order chi connectivity index (χ1) is 13.4. The molecule has 0 spiro atoms. The number of rotatable bonds is 5. The molecule has 3 amide bonds. The average molecular weight is 377 g/mol. The van der Waals surface area contributed by atoms with Gasteiger partial charge in [-0.25, -0.2) is 4.79 Å². The van der Waals surface area contributed by atoms with E-state index < -0.39 is 30.3 Å². The van der Waals surface area contributed by atoms with Gasteiger partial charge in [0, 0.05) is 12.7 Å². The van der Waals surface area contributed by atoms with Crippen molar-refractivity contribution in [3.63, 3.8) is 0 Å². The molecule has 140 valence electrons. The molecule has 0 N–H and O–H groups in total. The summed E-state index contributed by atoms with van der Waals surface area (Å²) in [4.78, 5) is 50.7. The van der Waals surface area contributed by atoms with Gasteiger partial charge in [-0.3, -0.25) is 24.2 Å². The molecule has 1 aliphatic heterocycles. The highest BCUT2D eigenvalue weighted by Gasteiger charge is 2.33. The molecule has 8 heteroatoms. The monoisotopic (exact) mass is 377 g/mol. The number of amides is 3. The number of carbonyl (C=O) groups excluding carboxylic acids is 4. The number of ether oxygens (including phenoxy) is 1. The van der Waals surface area contributed by atoms with Gasteiger partial charge < -0.3 is 4.74 Å². The Bertz CT molecular complexity index is 1010. The Morgan fingerprint density at radius 1 is 1.07 bits per heavy atom. The number of benzene rings is 2. The van der Waals surface area contributed by atoms with Crippen LogP contribution in [0, 0.1) is 11.3 Å². The molecule has 0 aliphatic carbocycles. The minimum absolute atomic E-state index is 0.0505. The van der Waals surface area contributed by atoms with E-state index in [9.17, 15) is 19.2 Å². The van der Waals surface area contributed by atoms with E-state index in [1.165, 1.54) is 30.1 Å². The number of esters is 1. The first-order valence-corrected chi connectivity index (χ1v) is 8.30. The average Bonchev–Trinajstić information content (AvgIpc) is 2.94. The standard InChI is InChI=1S/C20H15N3O5/c1-22-18(25)15-8-7-13(11-16(15)19(22)26)20(27)28-12-17(24)23(10-9-21)14-5-3-2-4-6-14/h2-8,11H,10,12H2,1H3. The van der Waals surface area contributed by atoms with E-state index in [1.807, 2.05) is 6.07 Å². The Morgan fingerprint density at radius 2 is 1.75 bits per heavy atom. The molecular formula is C20H15N3O5. The fraction of sp³-hybridized carbons (Fsp3) is 0.150. The van der Waals surface area contributed by atoms with Gasteiger partial charge >= 0.3 is 5.97 Å². The topological polar surface area (TPSA) is 108 Å². The molecular weight excluding hydrogens is 362 g/mol. The lowest BCUT2D eigenvalue weighted by atomic mass is 10.1. The lowest BCUT2D eigenvalue weighted by Gasteiger charge is -2.19. The normalized spacial score (nSPS) is 12.4. The zero-order valence-electron chi connectivity index (χ0n) is 14.9. The molecule has 0 saturated heterocycles. The van der Waals surface area contributed by atoms with Crippen LogP contribution in [0.3, 0.4) is 0 Å². The molecule has 0 saturated carbocycles. The molecule has 3 rings (SSSR count). The Hall–Kier alpha value is -3.99. The number of hydrogen-bond donors (Lipinski definition) is 0. The van der Waals surface area contributed by atoms with Crippen molar-refractivity contribution in [2.75, 3.05) is 25.1 Å². The van der Waals surface area contributed by atoms with E-state index in [4.69, 9.17) is 10.00 Å². The van der Waals surface area contributed by atoms with Crippen LogP contribution in [0.1, 0.15) is 31.1 Å². The number of hydrogen-bond acceptors (Lipinski definition) is 6. The molecule has 1 heterocycles. The van der Waals surface area contributed by atoms with Crippen molar-refractivity contribution >= 4 is 29.4 Å². The third kappa shape index (κ3) is 3.46. The largest absolute Gasteiger partial charge is 0.452 e. The van der Waals surface area contributed by atoms with Crippen LogP contribution in [0.4, 0.5) is 5.69 Å². The zero-order chi connectivity index (χ0) is 20.3. The van der Waals surface area contributed by atoms with Gasteiger partial charge in [-0.1, -0.05) is 18.2 Å². The van der Waals surface area contributed by atoms with Crippen molar-refractivity contribution < 1.29 is 23.9 Å². The van der Waals surface area contributed by atoms with Crippen molar-refractivity contribution in [3.8, 4) is 6.07 Å². The smallest absolute Gasteiger partial charge is 0.338 e. The summed E-state index contributed by atoms with van der Waals surface area (Å²) in [6.07, 6.45) is 0. The van der Waals surface area contributed by atoms with Gasteiger partial charge in [0.15, 0.2) is 6.61 Å². The number of para-hydroxylation sites is 1. The molecule has 2 aromatic rings. The van der Waals surface area contributed by atoms with E-state index in [1.54, 1.807) is 30.3 Å². The molecule has 2 aromatic carbocycles. The first kappa shape index (κ1) is 18.8. The van der Waals surface area contributed by atoms with E-state index in [0.717, 1.165) is 4.90 Å². The van der Waals surface area contributed by atoms with E-state index in [0.29, 0.717) is 5.69 Å². The van der Waals surface area contributed by atoms with Crippen LogP contribution in [0.25, 0.3) is 0 Å². The second kappa shape index (κ2) is 7.72. The number of fused-ring (bicyclic) bond motifs is 1. The lowest BCUT2D eigenvalue weighted by molar-refractivity contribution is -0.121. The lowest BCUT2D eigenvalue weighted by Crippen LogP contribution is -2.35. The fourth-order valence-electron chi connectivity index (χ4n) is 2.78. The highest BCUT2D eigenvalue weighted by molar-refractivity contribution is 6.21. The first-order valence-electron chi connectivity index (χ1n) is 8.30. The summed E-state index contributed by atoms with van der Waals surface area (Å²) in [5.41, 5.74) is 0.886. The summed E-state index contributed by atoms with van der Waals surface area (Å²) in [6.45, 7) is -0.762. The van der Waals surface area contributed by atoms with Crippen LogP contribution >= 0.6 is 0 Å². The van der Waals surface area contributed by atoms with Crippen molar-refractivity contribution in [1.82, 2.24) is 4.90 Å². The molecule has 0 unspecified atom stereocenters. The van der Waals surface area contributed by atoms with Crippen LogP contribution in [-0.4, -0.2) is 48.8 Å². The van der Waals surface area contributed by atoms with Crippen LogP contribution < -0.4 is 4.90 Å². The number of carbonyl (C=O) groups is 4. The molecule has 1 aliphatic rings. The summed E-state index contributed by atoms with van der Waals surface area (Å²) in [5.74, 6) is -2.32. The van der Waals surface area contributed by atoms with Crippen molar-refractivity contribution in [2.45, 2.75) is 0 Å².